The van der Waals surface area contributed by atoms with E-state index in [1.807, 2.05) is 0 Å². The third kappa shape index (κ3) is 3.56. The zero-order valence-electron chi connectivity index (χ0n) is 13.8. The van der Waals surface area contributed by atoms with Crippen LogP contribution in [0.5, 0.6) is 0 Å². The Labute approximate surface area is 128 Å². The van der Waals surface area contributed by atoms with E-state index in [2.05, 4.69) is 49.2 Å². The number of hydrogen-bond acceptors (Lipinski definition) is 3. The largest absolute Gasteiger partial charge is 0.376 e. The summed E-state index contributed by atoms with van der Waals surface area (Å²) < 4.78 is 0. The van der Waals surface area contributed by atoms with Gasteiger partial charge >= 0.3 is 0 Å². The maximum absolute atomic E-state index is 11.7. The molecule has 1 atom stereocenters. The number of anilines is 1. The number of likely N-dealkylation sites (N-methyl/N-ethyl adjacent to an activating group) is 1. The Morgan fingerprint density at radius 3 is 2.62 bits per heavy atom. The summed E-state index contributed by atoms with van der Waals surface area (Å²) in [4.78, 5) is 15.9. The van der Waals surface area contributed by atoms with E-state index in [0.29, 0.717) is 18.5 Å². The molecule has 1 amide bonds. The molecule has 0 aromatic heterocycles. The zero-order chi connectivity index (χ0) is 15.6. The molecule has 0 unspecified atom stereocenters. The molecule has 0 fully saturated rings. The molecule has 116 valence electrons. The van der Waals surface area contributed by atoms with Crippen molar-refractivity contribution in [3.8, 4) is 0 Å². The van der Waals surface area contributed by atoms with Gasteiger partial charge in [0.05, 0.1) is 6.54 Å². The van der Waals surface area contributed by atoms with Gasteiger partial charge in [0.1, 0.15) is 0 Å². The van der Waals surface area contributed by atoms with E-state index in [0.717, 1.165) is 18.8 Å². The van der Waals surface area contributed by atoms with E-state index in [1.54, 1.807) is 19.0 Å². The minimum atomic E-state index is 0.0954. The van der Waals surface area contributed by atoms with Gasteiger partial charge in [-0.05, 0) is 30.0 Å². The summed E-state index contributed by atoms with van der Waals surface area (Å²) in [6, 6.07) is 6.91. The van der Waals surface area contributed by atoms with Crippen molar-refractivity contribution in [3.05, 3.63) is 29.3 Å². The molecule has 1 N–H and O–H groups in total. The lowest BCUT2D eigenvalue weighted by Gasteiger charge is -2.27. The van der Waals surface area contributed by atoms with Crippen LogP contribution in [0.3, 0.4) is 0 Å². The summed E-state index contributed by atoms with van der Waals surface area (Å²) >= 11 is 0. The van der Waals surface area contributed by atoms with Crippen LogP contribution in [0.1, 0.15) is 31.9 Å². The number of rotatable bonds is 5. The molecule has 0 aliphatic carbocycles. The van der Waals surface area contributed by atoms with Crippen LogP contribution >= 0.6 is 0 Å². The van der Waals surface area contributed by atoms with Crippen LogP contribution in [0, 0.1) is 5.92 Å². The predicted octanol–water partition coefficient (Wildman–Crippen LogP) is 2.55. The molecule has 1 aromatic carbocycles. The lowest BCUT2D eigenvalue weighted by molar-refractivity contribution is -0.126. The number of nitrogens with one attached hydrogen (secondary N) is 1. The Kier molecular flexibility index (Phi) is 4.88. The van der Waals surface area contributed by atoms with E-state index >= 15 is 0 Å². The smallest absolute Gasteiger partial charge is 0.241 e. The van der Waals surface area contributed by atoms with E-state index in [-0.39, 0.29) is 5.91 Å². The molecule has 4 nitrogen and oxygen atoms in total. The second-order valence-corrected chi connectivity index (χ2v) is 6.47. The lowest BCUT2D eigenvalue weighted by Crippen LogP contribution is -2.32. The number of carbonyl (C=O) groups is 1. The molecule has 21 heavy (non-hydrogen) atoms. The number of nitrogens with zero attached hydrogens (tertiary/aromatic N) is 2. The van der Waals surface area contributed by atoms with Crippen molar-refractivity contribution >= 4 is 11.6 Å². The van der Waals surface area contributed by atoms with E-state index in [1.165, 1.54) is 11.1 Å². The highest BCUT2D eigenvalue weighted by Gasteiger charge is 2.26. The maximum atomic E-state index is 11.7. The number of carbonyl (C=O) groups excluding carboxylic acids is 1. The molecule has 4 heteroatoms. The van der Waals surface area contributed by atoms with Crippen molar-refractivity contribution in [3.63, 3.8) is 0 Å². The highest BCUT2D eigenvalue weighted by molar-refractivity contribution is 5.80. The first kappa shape index (κ1) is 15.8. The van der Waals surface area contributed by atoms with Crippen LogP contribution in [0.2, 0.25) is 0 Å². The van der Waals surface area contributed by atoms with Gasteiger partial charge in [-0.15, -0.1) is 0 Å². The van der Waals surface area contributed by atoms with E-state index < -0.39 is 0 Å². The number of fused-ring (bicyclic) bond motifs is 1. The normalized spacial score (nSPS) is 15.9. The van der Waals surface area contributed by atoms with Gasteiger partial charge in [0.25, 0.3) is 0 Å². The van der Waals surface area contributed by atoms with Crippen LogP contribution in [0.15, 0.2) is 18.2 Å². The Hall–Kier alpha value is -1.55. The summed E-state index contributed by atoms with van der Waals surface area (Å²) in [7, 11) is 3.57. The van der Waals surface area contributed by atoms with Crippen molar-refractivity contribution < 1.29 is 4.79 Å². The van der Waals surface area contributed by atoms with Crippen LogP contribution in [0.25, 0.3) is 0 Å². The maximum Gasteiger partial charge on any atom is 0.241 e. The summed E-state index contributed by atoms with van der Waals surface area (Å²) in [6.45, 7) is 9.15. The minimum Gasteiger partial charge on any atom is -0.376 e. The van der Waals surface area contributed by atoms with Gasteiger partial charge in [-0.2, -0.15) is 0 Å². The third-order valence-electron chi connectivity index (χ3n) is 4.48. The fraction of sp³-hybridized carbons (Fsp3) is 0.588. The third-order valence-corrected chi connectivity index (χ3v) is 4.48. The molecule has 0 radical (unpaired) electrons. The summed E-state index contributed by atoms with van der Waals surface area (Å²) in [5.74, 6) is 0.740. The van der Waals surface area contributed by atoms with E-state index in [4.69, 9.17) is 0 Å². The van der Waals surface area contributed by atoms with Crippen molar-refractivity contribution in [2.24, 2.45) is 5.92 Å². The van der Waals surface area contributed by atoms with Crippen molar-refractivity contribution in [2.45, 2.75) is 39.9 Å². The molecule has 0 spiro atoms. The van der Waals surface area contributed by atoms with E-state index in [9.17, 15) is 4.79 Å². The first-order valence-corrected chi connectivity index (χ1v) is 7.69. The van der Waals surface area contributed by atoms with Crippen molar-refractivity contribution in [1.82, 2.24) is 9.80 Å². The number of hydrogen-bond donors (Lipinski definition) is 1. The number of amides is 1. The number of benzene rings is 1. The summed E-state index contributed by atoms with van der Waals surface area (Å²) in [5.41, 5.74) is 3.82. The standard InChI is InChI=1S/C17H27N3O/c1-12(2)13(3)20-10-14-7-6-8-16(15(14)11-20)18-9-17(21)19(4)5/h6-8,12-13,18H,9-11H2,1-5H3/t13-/m1/s1. The monoisotopic (exact) mass is 289 g/mol. The first-order valence-electron chi connectivity index (χ1n) is 7.69. The average Bonchev–Trinajstić information content (AvgIpc) is 2.87. The predicted molar refractivity (Wildman–Crippen MR) is 87.2 cm³/mol. The van der Waals surface area contributed by atoms with Crippen LogP contribution in [-0.4, -0.2) is 42.4 Å². The molecule has 1 heterocycles. The van der Waals surface area contributed by atoms with Gasteiger partial charge in [-0.3, -0.25) is 9.69 Å². The molecule has 0 saturated heterocycles. The Morgan fingerprint density at radius 2 is 2.00 bits per heavy atom. The zero-order valence-corrected chi connectivity index (χ0v) is 13.8. The summed E-state index contributed by atoms with van der Waals surface area (Å²) in [6.07, 6.45) is 0. The molecular formula is C17H27N3O. The fourth-order valence-corrected chi connectivity index (χ4v) is 2.65. The van der Waals surface area contributed by atoms with Crippen molar-refractivity contribution in [2.75, 3.05) is 26.0 Å². The van der Waals surface area contributed by atoms with Crippen LogP contribution in [0.4, 0.5) is 5.69 Å². The molecule has 1 aromatic rings. The van der Waals surface area contributed by atoms with Crippen LogP contribution in [-0.2, 0) is 17.9 Å². The summed E-state index contributed by atoms with van der Waals surface area (Å²) in [5, 5.41) is 3.30. The quantitative estimate of drug-likeness (QED) is 0.905. The molecule has 1 aliphatic heterocycles. The lowest BCUT2D eigenvalue weighted by atomic mass is 10.1. The van der Waals surface area contributed by atoms with Gasteiger partial charge < -0.3 is 10.2 Å². The fourth-order valence-electron chi connectivity index (χ4n) is 2.65. The van der Waals surface area contributed by atoms with Gasteiger partial charge in [-0.1, -0.05) is 26.0 Å². The van der Waals surface area contributed by atoms with Gasteiger partial charge in [0.15, 0.2) is 0 Å². The van der Waals surface area contributed by atoms with Gasteiger partial charge in [0.2, 0.25) is 5.91 Å². The SMILES string of the molecule is CC(C)[C@@H](C)N1Cc2cccc(NCC(=O)N(C)C)c2C1. The minimum absolute atomic E-state index is 0.0954. The molecule has 0 bridgehead atoms. The first-order chi connectivity index (χ1) is 9.90. The Morgan fingerprint density at radius 1 is 1.29 bits per heavy atom. The molecular weight excluding hydrogens is 262 g/mol. The Balaban J connectivity index is 2.08. The molecule has 2 rings (SSSR count). The van der Waals surface area contributed by atoms with Gasteiger partial charge in [-0.25, -0.2) is 0 Å². The average molecular weight is 289 g/mol. The topological polar surface area (TPSA) is 35.6 Å². The Bertz CT molecular complexity index is 511. The molecule has 1 aliphatic rings. The highest BCUT2D eigenvalue weighted by Crippen LogP contribution is 2.31. The van der Waals surface area contributed by atoms with Gasteiger partial charge in [0, 0.05) is 38.9 Å². The highest BCUT2D eigenvalue weighted by atomic mass is 16.2. The second kappa shape index (κ2) is 6.48. The molecule has 0 saturated carbocycles. The second-order valence-electron chi connectivity index (χ2n) is 6.47. The van der Waals surface area contributed by atoms with Crippen molar-refractivity contribution in [1.29, 1.82) is 0 Å². The van der Waals surface area contributed by atoms with Crippen LogP contribution < -0.4 is 5.32 Å².